The molecule has 1 aromatic heterocycles. The number of aryl methyl sites for hydroxylation is 3. The predicted molar refractivity (Wildman–Crippen MR) is 105 cm³/mol. The molecular weight excluding hydrogens is 380 g/mol. The molecule has 1 aliphatic heterocycles. The van der Waals surface area contributed by atoms with E-state index in [1.807, 2.05) is 26.8 Å². The first-order valence-electron chi connectivity index (χ1n) is 9.34. The van der Waals surface area contributed by atoms with E-state index in [0.717, 1.165) is 16.0 Å². The summed E-state index contributed by atoms with van der Waals surface area (Å²) in [6, 6.07) is 6.56. The van der Waals surface area contributed by atoms with Crippen molar-refractivity contribution in [2.45, 2.75) is 38.6 Å². The fraction of sp³-hybridized carbons (Fsp3) is 0.474. The molecule has 0 radical (unpaired) electrons. The van der Waals surface area contributed by atoms with Crippen LogP contribution >= 0.6 is 0 Å². The van der Waals surface area contributed by atoms with Crippen molar-refractivity contribution >= 4 is 21.7 Å². The van der Waals surface area contributed by atoms with E-state index >= 15 is 0 Å². The number of nitrogens with zero attached hydrogens (tertiary/aromatic N) is 2. The number of carbonyl (C=O) groups excluding carboxylic acids is 1. The lowest BCUT2D eigenvalue weighted by atomic mass is 10.1. The van der Waals surface area contributed by atoms with Crippen molar-refractivity contribution in [3.63, 3.8) is 0 Å². The monoisotopic (exact) mass is 407 g/mol. The molecule has 3 rings (SSSR count). The zero-order valence-corrected chi connectivity index (χ0v) is 17.5. The fourth-order valence-electron chi connectivity index (χ4n) is 3.32. The molecule has 0 spiro atoms. The third kappa shape index (κ3) is 4.26. The Balaban J connectivity index is 1.61. The summed E-state index contributed by atoms with van der Waals surface area (Å²) in [4.78, 5) is 13.8. The van der Waals surface area contributed by atoms with Gasteiger partial charge in [0.2, 0.25) is 10.0 Å². The molecule has 8 nitrogen and oxygen atoms in total. The SMILES string of the molecule is Cc1cc(NC(=O)[C@@H](C)[NH+]2CCN(S(=O)(=O)c3ccc(C)c(C)c3)CC2)no1. The zero-order valence-electron chi connectivity index (χ0n) is 16.7. The lowest BCUT2D eigenvalue weighted by Crippen LogP contribution is -3.19. The van der Waals surface area contributed by atoms with Gasteiger partial charge in [-0.15, -0.1) is 0 Å². The molecule has 0 unspecified atom stereocenters. The second-order valence-corrected chi connectivity index (χ2v) is 9.28. The van der Waals surface area contributed by atoms with E-state index in [9.17, 15) is 13.2 Å². The third-order valence-electron chi connectivity index (χ3n) is 5.37. The van der Waals surface area contributed by atoms with E-state index in [4.69, 9.17) is 4.52 Å². The van der Waals surface area contributed by atoms with Crippen LogP contribution in [0.2, 0.25) is 0 Å². The van der Waals surface area contributed by atoms with Gasteiger partial charge in [-0.1, -0.05) is 11.2 Å². The molecule has 1 saturated heterocycles. The Labute approximate surface area is 165 Å². The summed E-state index contributed by atoms with van der Waals surface area (Å²) < 4.78 is 32.3. The number of carbonyl (C=O) groups is 1. The molecule has 2 heterocycles. The first kappa shape index (κ1) is 20.5. The molecule has 1 amide bonds. The highest BCUT2D eigenvalue weighted by molar-refractivity contribution is 7.89. The highest BCUT2D eigenvalue weighted by Gasteiger charge is 2.34. The topological polar surface area (TPSA) is 97.0 Å². The van der Waals surface area contributed by atoms with Crippen LogP contribution in [0.5, 0.6) is 0 Å². The van der Waals surface area contributed by atoms with Crippen molar-refractivity contribution in [1.82, 2.24) is 9.46 Å². The molecule has 0 saturated carbocycles. The number of amides is 1. The lowest BCUT2D eigenvalue weighted by Gasteiger charge is -2.34. The maximum absolute atomic E-state index is 12.9. The standard InChI is InChI=1S/C19H26N4O4S/c1-13-5-6-17(11-14(13)2)28(25,26)23-9-7-22(8-10-23)16(4)19(24)20-18-12-15(3)27-21-18/h5-6,11-12,16H,7-10H2,1-4H3,(H,20,21,24)/p+1/t16-/m1/s1. The molecule has 152 valence electrons. The van der Waals surface area contributed by atoms with Crippen LogP contribution in [0.25, 0.3) is 0 Å². The zero-order chi connectivity index (χ0) is 20.5. The van der Waals surface area contributed by atoms with Gasteiger partial charge in [0.1, 0.15) is 5.76 Å². The second kappa shape index (κ2) is 8.02. The average Bonchev–Trinajstić information content (AvgIpc) is 3.08. The number of nitrogens with one attached hydrogen (secondary N) is 2. The molecule has 28 heavy (non-hydrogen) atoms. The van der Waals surface area contributed by atoms with Gasteiger partial charge in [0.15, 0.2) is 11.9 Å². The molecule has 2 aromatic rings. The van der Waals surface area contributed by atoms with Gasteiger partial charge in [-0.05, 0) is 51.0 Å². The first-order chi connectivity index (χ1) is 13.2. The number of anilines is 1. The summed E-state index contributed by atoms with van der Waals surface area (Å²) in [6.07, 6.45) is 0. The van der Waals surface area contributed by atoms with E-state index in [1.54, 1.807) is 25.1 Å². The maximum Gasteiger partial charge on any atom is 0.283 e. The predicted octanol–water partition coefficient (Wildman–Crippen LogP) is 0.516. The fourth-order valence-corrected chi connectivity index (χ4v) is 4.84. The third-order valence-corrected chi connectivity index (χ3v) is 7.26. The summed E-state index contributed by atoms with van der Waals surface area (Å²) in [5.74, 6) is 0.860. The summed E-state index contributed by atoms with van der Waals surface area (Å²) in [5.41, 5.74) is 2.02. The minimum atomic E-state index is -3.52. The van der Waals surface area contributed by atoms with E-state index in [0.29, 0.717) is 42.7 Å². The summed E-state index contributed by atoms with van der Waals surface area (Å²) in [5, 5.41) is 6.51. The smallest absolute Gasteiger partial charge is 0.283 e. The van der Waals surface area contributed by atoms with E-state index in [1.165, 1.54) is 4.31 Å². The molecule has 1 aromatic carbocycles. The van der Waals surface area contributed by atoms with Crippen LogP contribution in [0.15, 0.2) is 33.7 Å². The van der Waals surface area contributed by atoms with E-state index in [-0.39, 0.29) is 11.9 Å². The summed E-state index contributed by atoms with van der Waals surface area (Å²) in [6.45, 7) is 9.36. The molecule has 1 atom stereocenters. The Hall–Kier alpha value is -2.23. The first-order valence-corrected chi connectivity index (χ1v) is 10.8. The minimum absolute atomic E-state index is 0.159. The van der Waals surface area contributed by atoms with Crippen LogP contribution in [0.3, 0.4) is 0 Å². The molecule has 0 bridgehead atoms. The van der Waals surface area contributed by atoms with Crippen LogP contribution in [0.1, 0.15) is 23.8 Å². The van der Waals surface area contributed by atoms with Crippen molar-refractivity contribution in [3.8, 4) is 0 Å². The Bertz CT molecular complexity index is 962. The number of hydrogen-bond donors (Lipinski definition) is 2. The van der Waals surface area contributed by atoms with Gasteiger partial charge in [0, 0.05) is 6.07 Å². The van der Waals surface area contributed by atoms with Crippen molar-refractivity contribution < 1.29 is 22.6 Å². The number of sulfonamides is 1. The molecule has 1 fully saturated rings. The number of piperazine rings is 1. The van der Waals surface area contributed by atoms with Crippen molar-refractivity contribution in [1.29, 1.82) is 0 Å². The van der Waals surface area contributed by atoms with E-state index < -0.39 is 10.0 Å². The normalized spacial score (nSPS) is 17.4. The summed E-state index contributed by atoms with van der Waals surface area (Å²) in [7, 11) is -3.52. The molecule has 9 heteroatoms. The average molecular weight is 408 g/mol. The Morgan fingerprint density at radius 2 is 1.86 bits per heavy atom. The number of rotatable bonds is 5. The van der Waals surface area contributed by atoms with Gasteiger partial charge in [-0.25, -0.2) is 8.42 Å². The molecular formula is C19H27N4O4S+. The number of benzene rings is 1. The lowest BCUT2D eigenvalue weighted by molar-refractivity contribution is -0.917. The van der Waals surface area contributed by atoms with Crippen LogP contribution in [-0.2, 0) is 14.8 Å². The molecule has 0 aliphatic carbocycles. The number of hydrogen-bond acceptors (Lipinski definition) is 5. The van der Waals surface area contributed by atoms with Gasteiger partial charge in [0.05, 0.1) is 31.1 Å². The highest BCUT2D eigenvalue weighted by Crippen LogP contribution is 2.19. The quantitative estimate of drug-likeness (QED) is 0.753. The maximum atomic E-state index is 12.9. The van der Waals surface area contributed by atoms with Crippen LogP contribution < -0.4 is 10.2 Å². The van der Waals surface area contributed by atoms with Crippen LogP contribution in [-0.4, -0.2) is 56.0 Å². The number of aromatic nitrogens is 1. The Morgan fingerprint density at radius 1 is 1.18 bits per heavy atom. The Morgan fingerprint density at radius 3 is 2.43 bits per heavy atom. The second-order valence-electron chi connectivity index (χ2n) is 7.34. The van der Waals surface area contributed by atoms with Gasteiger partial charge >= 0.3 is 0 Å². The van der Waals surface area contributed by atoms with Crippen LogP contribution in [0, 0.1) is 20.8 Å². The Kier molecular flexibility index (Phi) is 5.87. The summed E-state index contributed by atoms with van der Waals surface area (Å²) >= 11 is 0. The van der Waals surface area contributed by atoms with E-state index in [2.05, 4.69) is 10.5 Å². The van der Waals surface area contributed by atoms with Crippen molar-refractivity contribution in [2.75, 3.05) is 31.5 Å². The van der Waals surface area contributed by atoms with Gasteiger partial charge in [-0.2, -0.15) is 4.31 Å². The van der Waals surface area contributed by atoms with Crippen molar-refractivity contribution in [3.05, 3.63) is 41.2 Å². The highest BCUT2D eigenvalue weighted by atomic mass is 32.2. The van der Waals surface area contributed by atoms with Crippen LogP contribution in [0.4, 0.5) is 5.82 Å². The minimum Gasteiger partial charge on any atom is -0.360 e. The number of quaternary nitrogens is 1. The molecule has 2 N–H and O–H groups in total. The van der Waals surface area contributed by atoms with Gasteiger partial charge in [-0.3, -0.25) is 4.79 Å². The van der Waals surface area contributed by atoms with Gasteiger partial charge in [0.25, 0.3) is 5.91 Å². The molecule has 1 aliphatic rings. The van der Waals surface area contributed by atoms with Gasteiger partial charge < -0.3 is 14.7 Å². The largest absolute Gasteiger partial charge is 0.360 e. The van der Waals surface area contributed by atoms with Crippen molar-refractivity contribution in [2.24, 2.45) is 0 Å².